The molecule has 0 aromatic carbocycles. The Hall–Kier alpha value is -1.82. The maximum atomic E-state index is 11.5. The van der Waals surface area contributed by atoms with E-state index in [-0.39, 0.29) is 30.2 Å². The summed E-state index contributed by atoms with van der Waals surface area (Å²) in [6.07, 6.45) is 2.98. The van der Waals surface area contributed by atoms with E-state index in [1.54, 1.807) is 12.1 Å². The summed E-state index contributed by atoms with van der Waals surface area (Å²) in [6.45, 7) is 2.24. The molecule has 0 saturated heterocycles. The molecule has 3 N–H and O–H groups in total. The molecule has 0 radical (unpaired) electrons. The molecule has 0 unspecified atom stereocenters. The molecular formula is C13H20N2O4. The van der Waals surface area contributed by atoms with Crippen LogP contribution in [0.25, 0.3) is 0 Å². The van der Waals surface area contributed by atoms with Gasteiger partial charge >= 0.3 is 0 Å². The molecule has 1 aromatic heterocycles. The summed E-state index contributed by atoms with van der Waals surface area (Å²) >= 11 is 0. The van der Waals surface area contributed by atoms with Crippen molar-refractivity contribution in [2.45, 2.75) is 32.2 Å². The van der Waals surface area contributed by atoms with Gasteiger partial charge < -0.3 is 20.2 Å². The molecule has 0 aliphatic heterocycles. The number of furan rings is 1. The first-order valence-electron chi connectivity index (χ1n) is 6.39. The molecule has 2 amide bonds. The summed E-state index contributed by atoms with van der Waals surface area (Å²) in [6, 6.07) is 3.03. The Morgan fingerprint density at radius 1 is 1.47 bits per heavy atom. The van der Waals surface area contributed by atoms with Crippen LogP contribution in [0.15, 0.2) is 22.8 Å². The molecule has 1 atom stereocenters. The van der Waals surface area contributed by atoms with Crippen molar-refractivity contribution in [2.24, 2.45) is 0 Å². The number of hydrogen-bond donors (Lipinski definition) is 3. The van der Waals surface area contributed by atoms with Gasteiger partial charge in [-0.3, -0.25) is 9.59 Å². The standard InChI is InChI=1S/C13H20N2O4/c1-2-10(9-16)15-12(17)6-3-7-14-13(18)11-5-4-8-19-11/h4-5,8,10,16H,2-3,6-7,9H2,1H3,(H,14,18)(H,15,17)/t10-/m1/s1. The van der Waals surface area contributed by atoms with E-state index >= 15 is 0 Å². The van der Waals surface area contributed by atoms with Crippen LogP contribution in [0.2, 0.25) is 0 Å². The smallest absolute Gasteiger partial charge is 0.286 e. The van der Waals surface area contributed by atoms with Gasteiger partial charge in [0.05, 0.1) is 18.9 Å². The fraction of sp³-hybridized carbons (Fsp3) is 0.538. The van der Waals surface area contributed by atoms with Crippen molar-refractivity contribution >= 4 is 11.8 Å². The van der Waals surface area contributed by atoms with Gasteiger partial charge in [0, 0.05) is 13.0 Å². The summed E-state index contributed by atoms with van der Waals surface area (Å²) in [7, 11) is 0. The van der Waals surface area contributed by atoms with Crippen LogP contribution in [0.4, 0.5) is 0 Å². The summed E-state index contributed by atoms with van der Waals surface area (Å²) in [4.78, 5) is 23.0. The minimum Gasteiger partial charge on any atom is -0.459 e. The van der Waals surface area contributed by atoms with Crippen molar-refractivity contribution in [1.82, 2.24) is 10.6 Å². The lowest BCUT2D eigenvalue weighted by Gasteiger charge is -2.13. The lowest BCUT2D eigenvalue weighted by molar-refractivity contribution is -0.122. The number of carbonyl (C=O) groups is 2. The van der Waals surface area contributed by atoms with Crippen LogP contribution in [0, 0.1) is 0 Å². The van der Waals surface area contributed by atoms with Crippen LogP contribution >= 0.6 is 0 Å². The number of aliphatic hydroxyl groups is 1. The second-order valence-corrected chi connectivity index (χ2v) is 4.19. The van der Waals surface area contributed by atoms with Gasteiger partial charge in [-0.2, -0.15) is 0 Å². The molecule has 0 aliphatic carbocycles. The molecule has 1 rings (SSSR count). The number of amides is 2. The summed E-state index contributed by atoms with van der Waals surface area (Å²) in [5, 5.41) is 14.3. The summed E-state index contributed by atoms with van der Waals surface area (Å²) < 4.78 is 4.94. The van der Waals surface area contributed by atoms with E-state index in [9.17, 15) is 9.59 Å². The van der Waals surface area contributed by atoms with Crippen molar-refractivity contribution in [3.05, 3.63) is 24.2 Å². The third kappa shape index (κ3) is 5.56. The molecule has 6 heteroatoms. The fourth-order valence-electron chi connectivity index (χ4n) is 1.52. The number of aliphatic hydroxyl groups excluding tert-OH is 1. The zero-order valence-electron chi connectivity index (χ0n) is 11.0. The van der Waals surface area contributed by atoms with E-state index in [0.717, 1.165) is 0 Å². The van der Waals surface area contributed by atoms with Gasteiger partial charge in [-0.25, -0.2) is 0 Å². The number of carbonyl (C=O) groups excluding carboxylic acids is 2. The van der Waals surface area contributed by atoms with Crippen LogP contribution in [0.1, 0.15) is 36.7 Å². The minimum absolute atomic E-state index is 0.0581. The van der Waals surface area contributed by atoms with Gasteiger partial charge in [0.1, 0.15) is 0 Å². The first kappa shape index (κ1) is 15.2. The normalized spacial score (nSPS) is 11.9. The summed E-state index contributed by atoms with van der Waals surface area (Å²) in [5.74, 6) is -0.142. The van der Waals surface area contributed by atoms with E-state index in [1.165, 1.54) is 6.26 Å². The van der Waals surface area contributed by atoms with Crippen molar-refractivity contribution in [3.8, 4) is 0 Å². The SMILES string of the molecule is CC[C@H](CO)NC(=O)CCCNC(=O)c1ccco1. The number of rotatable bonds is 8. The molecule has 106 valence electrons. The average molecular weight is 268 g/mol. The first-order valence-corrected chi connectivity index (χ1v) is 6.39. The van der Waals surface area contributed by atoms with E-state index in [2.05, 4.69) is 10.6 Å². The maximum Gasteiger partial charge on any atom is 0.286 e. The molecule has 0 fully saturated rings. The quantitative estimate of drug-likeness (QED) is 0.604. The first-order chi connectivity index (χ1) is 9.17. The van der Waals surface area contributed by atoms with E-state index in [4.69, 9.17) is 9.52 Å². The Bertz CT molecular complexity index is 385. The molecular weight excluding hydrogens is 248 g/mol. The van der Waals surface area contributed by atoms with Gasteiger partial charge in [0.25, 0.3) is 5.91 Å². The van der Waals surface area contributed by atoms with E-state index in [1.807, 2.05) is 6.92 Å². The predicted octanol–water partition coefficient (Wildman–Crippen LogP) is 0.677. The second kappa shape index (κ2) is 8.31. The van der Waals surface area contributed by atoms with Crippen LogP contribution in [0.3, 0.4) is 0 Å². The Morgan fingerprint density at radius 2 is 2.26 bits per heavy atom. The maximum absolute atomic E-state index is 11.5. The van der Waals surface area contributed by atoms with Crippen molar-refractivity contribution < 1.29 is 19.1 Å². The van der Waals surface area contributed by atoms with Gasteiger partial charge in [-0.1, -0.05) is 6.92 Å². The number of nitrogens with one attached hydrogen (secondary N) is 2. The summed E-state index contributed by atoms with van der Waals surface area (Å²) in [5.41, 5.74) is 0. The molecule has 0 bridgehead atoms. The lowest BCUT2D eigenvalue weighted by atomic mass is 10.2. The lowest BCUT2D eigenvalue weighted by Crippen LogP contribution is -2.37. The molecule has 19 heavy (non-hydrogen) atoms. The average Bonchev–Trinajstić information content (AvgIpc) is 2.94. The zero-order chi connectivity index (χ0) is 14.1. The predicted molar refractivity (Wildman–Crippen MR) is 69.6 cm³/mol. The Kier molecular flexibility index (Phi) is 6.67. The molecule has 0 saturated carbocycles. The Labute approximate surface area is 112 Å². The van der Waals surface area contributed by atoms with E-state index in [0.29, 0.717) is 25.8 Å². The molecule has 0 spiro atoms. The zero-order valence-corrected chi connectivity index (χ0v) is 11.0. The number of hydrogen-bond acceptors (Lipinski definition) is 4. The molecule has 6 nitrogen and oxygen atoms in total. The minimum atomic E-state index is -0.285. The van der Waals surface area contributed by atoms with Gasteiger partial charge in [-0.15, -0.1) is 0 Å². The third-order valence-corrected chi connectivity index (χ3v) is 2.69. The molecule has 1 heterocycles. The van der Waals surface area contributed by atoms with Crippen LogP contribution in [-0.2, 0) is 4.79 Å². The van der Waals surface area contributed by atoms with Crippen LogP contribution < -0.4 is 10.6 Å². The van der Waals surface area contributed by atoms with Crippen molar-refractivity contribution in [3.63, 3.8) is 0 Å². The van der Waals surface area contributed by atoms with Gasteiger partial charge in [-0.05, 0) is 25.0 Å². The highest BCUT2D eigenvalue weighted by atomic mass is 16.3. The highest BCUT2D eigenvalue weighted by Crippen LogP contribution is 1.99. The highest BCUT2D eigenvalue weighted by Gasteiger charge is 2.10. The fourth-order valence-corrected chi connectivity index (χ4v) is 1.52. The monoisotopic (exact) mass is 268 g/mol. The van der Waals surface area contributed by atoms with Crippen molar-refractivity contribution in [2.75, 3.05) is 13.2 Å². The highest BCUT2D eigenvalue weighted by molar-refractivity contribution is 5.91. The van der Waals surface area contributed by atoms with Crippen LogP contribution in [0.5, 0.6) is 0 Å². The van der Waals surface area contributed by atoms with Crippen LogP contribution in [-0.4, -0.2) is 36.1 Å². The Morgan fingerprint density at radius 3 is 2.84 bits per heavy atom. The molecule has 0 aliphatic rings. The topological polar surface area (TPSA) is 91.6 Å². The van der Waals surface area contributed by atoms with Crippen molar-refractivity contribution in [1.29, 1.82) is 0 Å². The second-order valence-electron chi connectivity index (χ2n) is 4.19. The largest absolute Gasteiger partial charge is 0.459 e. The van der Waals surface area contributed by atoms with Gasteiger partial charge in [0.15, 0.2) is 5.76 Å². The molecule has 1 aromatic rings. The third-order valence-electron chi connectivity index (χ3n) is 2.69. The Balaban J connectivity index is 2.13. The van der Waals surface area contributed by atoms with E-state index < -0.39 is 0 Å². The van der Waals surface area contributed by atoms with Gasteiger partial charge in [0.2, 0.25) is 5.91 Å².